The normalized spacial score (nSPS) is 25.6. The van der Waals surface area contributed by atoms with Gasteiger partial charge in [0.05, 0.1) is 6.54 Å². The number of aliphatic imine (C=N–C) groups is 1. The highest BCUT2D eigenvalue weighted by molar-refractivity contribution is 5.61. The standard InChI is InChI=1S/C10H13N3O2/c14-7-11-5-9-2-1-3-10(4-9)6-12-13-8-15/h6,9-10H,1-5H2/b12-6-/t9-,10-/m0/s1. The predicted molar refractivity (Wildman–Crippen MR) is 55.1 cm³/mol. The van der Waals surface area contributed by atoms with Crippen LogP contribution in [0.3, 0.4) is 0 Å². The third-order valence-electron chi connectivity index (χ3n) is 2.61. The van der Waals surface area contributed by atoms with Crippen LogP contribution in [0.15, 0.2) is 15.2 Å². The van der Waals surface area contributed by atoms with Gasteiger partial charge in [0.1, 0.15) is 0 Å². The second-order valence-electron chi connectivity index (χ2n) is 3.68. The summed E-state index contributed by atoms with van der Waals surface area (Å²) >= 11 is 0. The molecule has 1 aliphatic rings. The molecule has 1 rings (SSSR count). The molecule has 0 heterocycles. The molecule has 0 bridgehead atoms. The lowest BCUT2D eigenvalue weighted by Gasteiger charge is -2.24. The fourth-order valence-electron chi connectivity index (χ4n) is 1.95. The molecule has 0 radical (unpaired) electrons. The molecule has 5 heteroatoms. The topological polar surface area (TPSA) is 71.2 Å². The molecule has 80 valence electrons. The molecule has 1 aliphatic carbocycles. The van der Waals surface area contributed by atoms with E-state index in [2.05, 4.69) is 15.2 Å². The van der Waals surface area contributed by atoms with E-state index in [0.29, 0.717) is 18.4 Å². The number of hydrogen-bond acceptors (Lipinski definition) is 5. The van der Waals surface area contributed by atoms with Gasteiger partial charge in [-0.3, -0.25) is 0 Å². The Labute approximate surface area is 88.0 Å². The van der Waals surface area contributed by atoms with E-state index < -0.39 is 0 Å². The summed E-state index contributed by atoms with van der Waals surface area (Å²) < 4.78 is 0. The van der Waals surface area contributed by atoms with Crippen LogP contribution in [0.4, 0.5) is 0 Å². The fraction of sp³-hybridized carbons (Fsp3) is 0.700. The molecule has 0 saturated heterocycles. The Balaban J connectivity index is 2.41. The molecule has 0 aliphatic heterocycles. The van der Waals surface area contributed by atoms with Crippen LogP contribution >= 0.6 is 0 Å². The minimum atomic E-state index is 0.336. The van der Waals surface area contributed by atoms with Gasteiger partial charge in [0.2, 0.25) is 6.08 Å². The summed E-state index contributed by atoms with van der Waals surface area (Å²) in [7, 11) is 0. The second kappa shape index (κ2) is 6.82. The molecule has 5 nitrogen and oxygen atoms in total. The van der Waals surface area contributed by atoms with Crippen molar-refractivity contribution in [2.45, 2.75) is 25.7 Å². The molecule has 0 amide bonds. The molecule has 0 aromatic rings. The zero-order valence-electron chi connectivity index (χ0n) is 8.43. The smallest absolute Gasteiger partial charge is 0.211 e. The summed E-state index contributed by atoms with van der Waals surface area (Å²) in [4.78, 5) is 23.3. The number of isocyanates is 2. The zero-order chi connectivity index (χ0) is 10.9. The van der Waals surface area contributed by atoms with Crippen LogP contribution in [0.25, 0.3) is 0 Å². The van der Waals surface area contributed by atoms with Gasteiger partial charge in [-0.2, -0.15) is 5.10 Å². The van der Waals surface area contributed by atoms with Gasteiger partial charge in [0.25, 0.3) is 6.08 Å². The fourth-order valence-corrected chi connectivity index (χ4v) is 1.95. The number of rotatable bonds is 4. The molecule has 0 spiro atoms. The molecular formula is C10H13N3O2. The summed E-state index contributed by atoms with van der Waals surface area (Å²) in [6, 6.07) is 0. The maximum absolute atomic E-state index is 9.96. The van der Waals surface area contributed by atoms with Crippen LogP contribution in [0.5, 0.6) is 0 Å². The largest absolute Gasteiger partial charge is 0.260 e. The van der Waals surface area contributed by atoms with Gasteiger partial charge in [0, 0.05) is 6.21 Å². The minimum Gasteiger partial charge on any atom is -0.211 e. The Bertz CT molecular complexity index is 315. The first-order chi connectivity index (χ1) is 7.36. The Morgan fingerprint density at radius 1 is 1.27 bits per heavy atom. The highest BCUT2D eigenvalue weighted by atomic mass is 16.1. The summed E-state index contributed by atoms with van der Waals surface area (Å²) in [6.45, 7) is 0.546. The van der Waals surface area contributed by atoms with Gasteiger partial charge in [-0.25, -0.2) is 14.6 Å². The molecule has 0 unspecified atom stereocenters. The van der Waals surface area contributed by atoms with Crippen LogP contribution < -0.4 is 0 Å². The number of nitrogens with zero attached hydrogens (tertiary/aromatic N) is 3. The van der Waals surface area contributed by atoms with E-state index in [0.717, 1.165) is 25.7 Å². The average Bonchev–Trinajstić information content (AvgIpc) is 2.27. The number of carbonyl (C=O) groups excluding carboxylic acids is 2. The van der Waals surface area contributed by atoms with Crippen LogP contribution in [-0.2, 0) is 9.59 Å². The van der Waals surface area contributed by atoms with Crippen LogP contribution in [0.2, 0.25) is 0 Å². The molecule has 0 aromatic carbocycles. The van der Waals surface area contributed by atoms with Crippen molar-refractivity contribution < 1.29 is 9.59 Å². The van der Waals surface area contributed by atoms with Crippen molar-refractivity contribution in [2.24, 2.45) is 27.0 Å². The first kappa shape index (κ1) is 11.5. The maximum Gasteiger partial charge on any atom is 0.260 e. The van der Waals surface area contributed by atoms with E-state index in [1.54, 1.807) is 12.3 Å². The highest BCUT2D eigenvalue weighted by Gasteiger charge is 2.20. The maximum atomic E-state index is 9.96. The van der Waals surface area contributed by atoms with Gasteiger partial charge < -0.3 is 0 Å². The van der Waals surface area contributed by atoms with Crippen LogP contribution in [0.1, 0.15) is 25.7 Å². The zero-order valence-corrected chi connectivity index (χ0v) is 8.43. The van der Waals surface area contributed by atoms with Crippen molar-refractivity contribution in [3.63, 3.8) is 0 Å². The predicted octanol–water partition coefficient (Wildman–Crippen LogP) is 1.45. The lowest BCUT2D eigenvalue weighted by atomic mass is 9.82. The summed E-state index contributed by atoms with van der Waals surface area (Å²) in [6.07, 6.45) is 8.79. The quantitative estimate of drug-likeness (QED) is 0.397. The molecule has 1 fully saturated rings. The third-order valence-corrected chi connectivity index (χ3v) is 2.61. The monoisotopic (exact) mass is 207 g/mol. The molecule has 15 heavy (non-hydrogen) atoms. The minimum absolute atomic E-state index is 0.336. The van der Waals surface area contributed by atoms with Crippen LogP contribution in [0, 0.1) is 11.8 Å². The number of hydrogen-bond donors (Lipinski definition) is 0. The molecule has 0 aromatic heterocycles. The van der Waals surface area contributed by atoms with E-state index in [1.165, 1.54) is 6.08 Å². The first-order valence-corrected chi connectivity index (χ1v) is 5.00. The van der Waals surface area contributed by atoms with Gasteiger partial charge in [-0.1, -0.05) is 11.5 Å². The van der Waals surface area contributed by atoms with E-state index in [9.17, 15) is 9.59 Å². The van der Waals surface area contributed by atoms with Crippen molar-refractivity contribution in [1.29, 1.82) is 0 Å². The van der Waals surface area contributed by atoms with Crippen molar-refractivity contribution >= 4 is 18.4 Å². The highest BCUT2D eigenvalue weighted by Crippen LogP contribution is 2.28. The third kappa shape index (κ3) is 4.45. The average molecular weight is 207 g/mol. The molecular weight excluding hydrogens is 194 g/mol. The van der Waals surface area contributed by atoms with E-state index in [-0.39, 0.29) is 0 Å². The second-order valence-corrected chi connectivity index (χ2v) is 3.68. The van der Waals surface area contributed by atoms with Crippen molar-refractivity contribution in [2.75, 3.05) is 6.54 Å². The Morgan fingerprint density at radius 2 is 2.13 bits per heavy atom. The van der Waals surface area contributed by atoms with Gasteiger partial charge in [-0.05, 0) is 31.1 Å². The van der Waals surface area contributed by atoms with Gasteiger partial charge in [-0.15, -0.1) is 0 Å². The SMILES string of the molecule is O=C=NC[C@H]1CCC[C@H](/C=N\N=C=O)C1. The lowest BCUT2D eigenvalue weighted by Crippen LogP contribution is -2.18. The lowest BCUT2D eigenvalue weighted by molar-refractivity contribution is 0.328. The van der Waals surface area contributed by atoms with Crippen molar-refractivity contribution in [3.8, 4) is 0 Å². The van der Waals surface area contributed by atoms with Gasteiger partial charge >= 0.3 is 0 Å². The summed E-state index contributed by atoms with van der Waals surface area (Å²) in [5, 5.41) is 6.73. The first-order valence-electron chi connectivity index (χ1n) is 5.00. The summed E-state index contributed by atoms with van der Waals surface area (Å²) in [5.41, 5.74) is 0. The van der Waals surface area contributed by atoms with E-state index in [1.807, 2.05) is 0 Å². The Morgan fingerprint density at radius 3 is 2.87 bits per heavy atom. The van der Waals surface area contributed by atoms with Crippen molar-refractivity contribution in [3.05, 3.63) is 0 Å². The van der Waals surface area contributed by atoms with Crippen molar-refractivity contribution in [1.82, 2.24) is 0 Å². The molecule has 1 saturated carbocycles. The van der Waals surface area contributed by atoms with Crippen LogP contribution in [-0.4, -0.2) is 24.9 Å². The van der Waals surface area contributed by atoms with E-state index >= 15 is 0 Å². The van der Waals surface area contributed by atoms with E-state index in [4.69, 9.17) is 0 Å². The summed E-state index contributed by atoms with van der Waals surface area (Å²) in [5.74, 6) is 0.763. The Hall–Kier alpha value is -1.57. The molecule has 0 N–H and O–H groups in total. The van der Waals surface area contributed by atoms with Gasteiger partial charge in [0.15, 0.2) is 0 Å². The Kier molecular flexibility index (Phi) is 5.23. The molecule has 2 atom stereocenters.